The van der Waals surface area contributed by atoms with Crippen LogP contribution in [-0.4, -0.2) is 31.1 Å². The molecular weight excluding hydrogens is 292 g/mol. The number of hydrogen-bond acceptors (Lipinski definition) is 6. The quantitative estimate of drug-likeness (QED) is 0.753. The van der Waals surface area contributed by atoms with Gasteiger partial charge in [0.2, 0.25) is 5.88 Å². The molecular formula is C16H18N6O. The lowest BCUT2D eigenvalue weighted by Crippen LogP contribution is -2.05. The van der Waals surface area contributed by atoms with Crippen LogP contribution in [0.2, 0.25) is 0 Å². The highest BCUT2D eigenvalue weighted by Crippen LogP contribution is 2.13. The van der Waals surface area contributed by atoms with Crippen LogP contribution >= 0.6 is 0 Å². The van der Waals surface area contributed by atoms with Gasteiger partial charge in [-0.3, -0.25) is 4.57 Å². The maximum absolute atomic E-state index is 5.33. The summed E-state index contributed by atoms with van der Waals surface area (Å²) >= 11 is 0. The average molecular weight is 310 g/mol. The molecule has 0 saturated carbocycles. The fourth-order valence-corrected chi connectivity index (χ4v) is 2.14. The van der Waals surface area contributed by atoms with E-state index in [1.807, 2.05) is 42.8 Å². The second kappa shape index (κ2) is 6.87. The largest absolute Gasteiger partial charge is 0.478 e. The van der Waals surface area contributed by atoms with Gasteiger partial charge in [0.15, 0.2) is 0 Å². The van der Waals surface area contributed by atoms with E-state index in [0.717, 1.165) is 23.0 Å². The molecule has 118 valence electrons. The van der Waals surface area contributed by atoms with Gasteiger partial charge in [-0.1, -0.05) is 6.07 Å². The van der Waals surface area contributed by atoms with Gasteiger partial charge in [-0.2, -0.15) is 0 Å². The predicted molar refractivity (Wildman–Crippen MR) is 86.6 cm³/mol. The van der Waals surface area contributed by atoms with Gasteiger partial charge in [-0.05, 0) is 19.4 Å². The van der Waals surface area contributed by atoms with Crippen LogP contribution in [0.4, 0.5) is 5.82 Å². The lowest BCUT2D eigenvalue weighted by molar-refractivity contribution is 0.326. The van der Waals surface area contributed by atoms with E-state index < -0.39 is 0 Å². The number of nitrogens with zero attached hydrogens (tertiary/aromatic N) is 5. The first-order chi connectivity index (χ1) is 11.3. The van der Waals surface area contributed by atoms with Gasteiger partial charge < -0.3 is 10.1 Å². The second-order valence-electron chi connectivity index (χ2n) is 4.90. The SMILES string of the molecule is CCOc1ccc(CNc2cc(-n3ccnc3C)ncn2)cn1. The number of rotatable bonds is 6. The third-order valence-electron chi connectivity index (χ3n) is 3.29. The van der Waals surface area contributed by atoms with Crippen molar-refractivity contribution in [1.29, 1.82) is 0 Å². The Bertz CT molecular complexity index is 768. The van der Waals surface area contributed by atoms with Crippen molar-refractivity contribution >= 4 is 5.82 Å². The molecule has 7 heteroatoms. The van der Waals surface area contributed by atoms with Gasteiger partial charge >= 0.3 is 0 Å². The Balaban J connectivity index is 1.68. The zero-order chi connectivity index (χ0) is 16.1. The smallest absolute Gasteiger partial charge is 0.213 e. The summed E-state index contributed by atoms with van der Waals surface area (Å²) in [4.78, 5) is 17.0. The monoisotopic (exact) mass is 310 g/mol. The van der Waals surface area contributed by atoms with Crippen molar-refractivity contribution in [3.8, 4) is 11.7 Å². The van der Waals surface area contributed by atoms with Crippen LogP contribution < -0.4 is 10.1 Å². The summed E-state index contributed by atoms with van der Waals surface area (Å²) in [6.45, 7) is 5.10. The van der Waals surface area contributed by atoms with Gasteiger partial charge in [0.25, 0.3) is 0 Å². The molecule has 0 spiro atoms. The Morgan fingerprint density at radius 2 is 2.09 bits per heavy atom. The Hall–Kier alpha value is -2.96. The molecule has 0 fully saturated rings. The molecule has 0 bridgehead atoms. The number of nitrogens with one attached hydrogen (secondary N) is 1. The zero-order valence-corrected chi connectivity index (χ0v) is 13.1. The highest BCUT2D eigenvalue weighted by Gasteiger charge is 2.04. The number of pyridine rings is 1. The van der Waals surface area contributed by atoms with Gasteiger partial charge in [0.1, 0.15) is 23.8 Å². The Morgan fingerprint density at radius 1 is 1.17 bits per heavy atom. The summed E-state index contributed by atoms with van der Waals surface area (Å²) in [6.07, 6.45) is 6.95. The van der Waals surface area contributed by atoms with Crippen molar-refractivity contribution in [3.05, 3.63) is 54.5 Å². The lowest BCUT2D eigenvalue weighted by atomic mass is 10.3. The highest BCUT2D eigenvalue weighted by atomic mass is 16.5. The first-order valence-corrected chi connectivity index (χ1v) is 7.40. The number of ether oxygens (including phenoxy) is 1. The Morgan fingerprint density at radius 3 is 2.78 bits per heavy atom. The van der Waals surface area contributed by atoms with Gasteiger partial charge in [0, 0.05) is 37.3 Å². The molecule has 0 aliphatic carbocycles. The van der Waals surface area contributed by atoms with Gasteiger partial charge in [0.05, 0.1) is 6.61 Å². The topological polar surface area (TPSA) is 77.8 Å². The highest BCUT2D eigenvalue weighted by molar-refractivity contribution is 5.41. The van der Waals surface area contributed by atoms with Gasteiger partial charge in [-0.25, -0.2) is 19.9 Å². The minimum atomic E-state index is 0.613. The van der Waals surface area contributed by atoms with E-state index in [9.17, 15) is 0 Å². The summed E-state index contributed by atoms with van der Waals surface area (Å²) in [5.41, 5.74) is 1.05. The molecule has 7 nitrogen and oxygen atoms in total. The van der Waals surface area contributed by atoms with Crippen LogP contribution in [0, 0.1) is 6.92 Å². The van der Waals surface area contributed by atoms with Crippen molar-refractivity contribution in [2.75, 3.05) is 11.9 Å². The molecule has 0 atom stereocenters. The molecule has 3 aromatic heterocycles. The van der Waals surface area contributed by atoms with E-state index in [1.165, 1.54) is 6.33 Å². The van der Waals surface area contributed by atoms with Crippen LogP contribution in [0.5, 0.6) is 5.88 Å². The maximum atomic E-state index is 5.33. The van der Waals surface area contributed by atoms with E-state index in [-0.39, 0.29) is 0 Å². The molecule has 0 aliphatic heterocycles. The molecule has 0 aliphatic rings. The molecule has 3 aromatic rings. The molecule has 3 rings (SSSR count). The van der Waals surface area contributed by atoms with Crippen LogP contribution in [-0.2, 0) is 6.54 Å². The predicted octanol–water partition coefficient (Wildman–Crippen LogP) is 2.38. The molecule has 0 aromatic carbocycles. The standard InChI is InChI=1S/C16H18N6O/c1-3-23-16-5-4-13(10-19-16)9-18-14-8-15(21-11-20-14)22-7-6-17-12(22)2/h4-8,10-11H,3,9H2,1-2H3,(H,18,20,21). The van der Waals surface area contributed by atoms with Crippen LogP contribution in [0.25, 0.3) is 5.82 Å². The lowest BCUT2D eigenvalue weighted by Gasteiger charge is -2.08. The molecule has 1 N–H and O–H groups in total. The summed E-state index contributed by atoms with van der Waals surface area (Å²) in [6, 6.07) is 5.73. The summed E-state index contributed by atoms with van der Waals surface area (Å²) < 4.78 is 7.24. The molecule has 0 saturated heterocycles. The van der Waals surface area contributed by atoms with Crippen molar-refractivity contribution < 1.29 is 4.74 Å². The number of hydrogen-bond donors (Lipinski definition) is 1. The number of aromatic nitrogens is 5. The Labute approximate surface area is 134 Å². The van der Waals surface area contributed by atoms with E-state index in [4.69, 9.17) is 4.74 Å². The van der Waals surface area contributed by atoms with Crippen LogP contribution in [0.3, 0.4) is 0 Å². The van der Waals surface area contributed by atoms with E-state index in [2.05, 4.69) is 25.3 Å². The third-order valence-corrected chi connectivity index (χ3v) is 3.29. The van der Waals surface area contributed by atoms with Crippen molar-refractivity contribution in [3.63, 3.8) is 0 Å². The molecule has 0 unspecified atom stereocenters. The summed E-state index contributed by atoms with van der Waals surface area (Å²) in [5.74, 6) is 3.04. The molecule has 0 amide bonds. The van der Waals surface area contributed by atoms with Crippen molar-refractivity contribution in [1.82, 2.24) is 24.5 Å². The first kappa shape index (κ1) is 15.0. The summed E-state index contributed by atoms with van der Waals surface area (Å²) in [7, 11) is 0. The second-order valence-corrected chi connectivity index (χ2v) is 4.90. The normalized spacial score (nSPS) is 10.5. The molecule has 23 heavy (non-hydrogen) atoms. The van der Waals surface area contributed by atoms with Crippen LogP contribution in [0.15, 0.2) is 43.1 Å². The minimum Gasteiger partial charge on any atom is -0.478 e. The number of imidazole rings is 1. The molecule has 3 heterocycles. The number of aryl methyl sites for hydroxylation is 1. The minimum absolute atomic E-state index is 0.613. The van der Waals surface area contributed by atoms with E-state index in [1.54, 1.807) is 12.4 Å². The van der Waals surface area contributed by atoms with Crippen molar-refractivity contribution in [2.24, 2.45) is 0 Å². The summed E-state index contributed by atoms with van der Waals surface area (Å²) in [5, 5.41) is 3.27. The first-order valence-electron chi connectivity index (χ1n) is 7.40. The average Bonchev–Trinajstić information content (AvgIpc) is 3.01. The van der Waals surface area contributed by atoms with Crippen LogP contribution in [0.1, 0.15) is 18.3 Å². The fourth-order valence-electron chi connectivity index (χ4n) is 2.14. The zero-order valence-electron chi connectivity index (χ0n) is 13.1. The van der Waals surface area contributed by atoms with E-state index in [0.29, 0.717) is 19.0 Å². The van der Waals surface area contributed by atoms with Gasteiger partial charge in [-0.15, -0.1) is 0 Å². The Kier molecular flexibility index (Phi) is 4.46. The number of anilines is 1. The van der Waals surface area contributed by atoms with E-state index >= 15 is 0 Å². The van der Waals surface area contributed by atoms with Crippen molar-refractivity contribution in [2.45, 2.75) is 20.4 Å². The molecule has 0 radical (unpaired) electrons. The third kappa shape index (κ3) is 3.63. The fraction of sp³-hybridized carbons (Fsp3) is 0.250. The maximum Gasteiger partial charge on any atom is 0.213 e.